The lowest BCUT2D eigenvalue weighted by molar-refractivity contribution is -0.126. The van der Waals surface area contributed by atoms with Crippen LogP contribution in [0.5, 0.6) is 0 Å². The van der Waals surface area contributed by atoms with Gasteiger partial charge in [-0.25, -0.2) is 5.01 Å². The van der Waals surface area contributed by atoms with Gasteiger partial charge in [0, 0.05) is 43.8 Å². The molecule has 1 saturated heterocycles. The highest BCUT2D eigenvalue weighted by Crippen LogP contribution is 2.44. The number of nitrogens with zero attached hydrogens (tertiary/aromatic N) is 2. The molecule has 2 unspecified atom stereocenters. The Balaban J connectivity index is 1.42. The highest BCUT2D eigenvalue weighted by molar-refractivity contribution is 5.53. The average Bonchev–Trinajstić information content (AvgIpc) is 3.30. The molecule has 0 spiro atoms. The van der Waals surface area contributed by atoms with Gasteiger partial charge >= 0.3 is 0 Å². The van der Waals surface area contributed by atoms with Crippen LogP contribution in [0.2, 0.25) is 0 Å². The molecular weight excluding hydrogens is 466 g/mol. The van der Waals surface area contributed by atoms with Crippen LogP contribution < -0.4 is 5.43 Å². The summed E-state index contributed by atoms with van der Waals surface area (Å²) in [6, 6.07) is 7.74. The predicted octanol–water partition coefficient (Wildman–Crippen LogP) is 7.38. The van der Waals surface area contributed by atoms with Crippen LogP contribution in [0.3, 0.4) is 0 Å². The summed E-state index contributed by atoms with van der Waals surface area (Å²) in [7, 11) is 2.11. The maximum atomic E-state index is 5.66. The van der Waals surface area contributed by atoms with Crippen molar-refractivity contribution in [1.82, 2.24) is 15.3 Å². The third kappa shape index (κ3) is 7.61. The van der Waals surface area contributed by atoms with Crippen LogP contribution in [0.15, 0.2) is 49.7 Å². The van der Waals surface area contributed by atoms with E-state index in [1.165, 1.54) is 74.7 Å². The second kappa shape index (κ2) is 13.0. The van der Waals surface area contributed by atoms with Crippen molar-refractivity contribution in [3.63, 3.8) is 0 Å². The van der Waals surface area contributed by atoms with Crippen molar-refractivity contribution in [2.45, 2.75) is 90.6 Å². The zero-order valence-electron chi connectivity index (χ0n) is 24.6. The van der Waals surface area contributed by atoms with Crippen molar-refractivity contribution in [3.8, 4) is 0 Å². The molecule has 3 fully saturated rings. The van der Waals surface area contributed by atoms with Crippen LogP contribution >= 0.6 is 0 Å². The SMILES string of the molecule is C=CCCCC(=C)NN(C)Cc1cc(CC2CCCC2N(CC2(C)CCC2)CC2(C)COC2)ccc1C=C. The summed E-state index contributed by atoms with van der Waals surface area (Å²) in [4.78, 5) is 2.91. The van der Waals surface area contributed by atoms with E-state index < -0.39 is 0 Å². The van der Waals surface area contributed by atoms with Gasteiger partial charge in [0.15, 0.2) is 0 Å². The van der Waals surface area contributed by atoms with Gasteiger partial charge in [-0.15, -0.1) is 6.58 Å². The van der Waals surface area contributed by atoms with E-state index in [2.05, 4.69) is 74.2 Å². The van der Waals surface area contributed by atoms with Crippen LogP contribution in [0, 0.1) is 16.7 Å². The first kappa shape index (κ1) is 29.1. The number of nitrogens with one attached hydrogen (secondary N) is 1. The highest BCUT2D eigenvalue weighted by atomic mass is 16.5. The standard InChI is InChI=1S/C34H53N3O/c1-7-9-10-13-27(3)35-36(6)22-31-21-28(16-17-29(31)8-2)20-30-14-11-15-32(30)37(23-33(4)18-12-19-33)24-34(5)25-38-26-34/h7-8,16-17,21,30,32,35H,1-3,9-15,18-20,22-26H2,4-6H3. The minimum Gasteiger partial charge on any atom is -0.380 e. The van der Waals surface area contributed by atoms with E-state index in [9.17, 15) is 0 Å². The fraction of sp³-hybridized carbons (Fsp3) is 0.647. The Kier molecular flexibility index (Phi) is 9.95. The maximum absolute atomic E-state index is 5.66. The minimum absolute atomic E-state index is 0.333. The zero-order chi connectivity index (χ0) is 27.2. The Morgan fingerprint density at radius 2 is 1.87 bits per heavy atom. The summed E-state index contributed by atoms with van der Waals surface area (Å²) < 4.78 is 5.66. The number of hydrogen-bond acceptors (Lipinski definition) is 4. The first-order valence-electron chi connectivity index (χ1n) is 15.1. The predicted molar refractivity (Wildman–Crippen MR) is 162 cm³/mol. The number of rotatable bonds is 16. The fourth-order valence-corrected chi connectivity index (χ4v) is 6.99. The first-order valence-corrected chi connectivity index (χ1v) is 15.1. The van der Waals surface area contributed by atoms with Crippen LogP contribution in [0.25, 0.3) is 6.08 Å². The van der Waals surface area contributed by atoms with Crippen LogP contribution in [0.1, 0.15) is 88.3 Å². The molecule has 38 heavy (non-hydrogen) atoms. The molecule has 0 amide bonds. The van der Waals surface area contributed by atoms with Gasteiger partial charge in [-0.3, -0.25) is 4.90 Å². The number of hydrogen-bond donors (Lipinski definition) is 1. The molecule has 4 nitrogen and oxygen atoms in total. The lowest BCUT2D eigenvalue weighted by Gasteiger charge is -2.49. The third-order valence-electron chi connectivity index (χ3n) is 9.29. The molecule has 210 valence electrons. The van der Waals surface area contributed by atoms with Gasteiger partial charge in [-0.2, -0.15) is 0 Å². The highest BCUT2D eigenvalue weighted by Gasteiger charge is 2.43. The van der Waals surface area contributed by atoms with E-state index in [0.29, 0.717) is 16.9 Å². The Morgan fingerprint density at radius 3 is 2.50 bits per heavy atom. The summed E-state index contributed by atoms with van der Waals surface area (Å²) in [5, 5.41) is 2.16. The first-order chi connectivity index (χ1) is 18.2. The smallest absolute Gasteiger partial charge is 0.0554 e. The molecular formula is C34H53N3O. The zero-order valence-corrected chi connectivity index (χ0v) is 24.6. The lowest BCUT2D eigenvalue weighted by atomic mass is 9.69. The number of allylic oxidation sites excluding steroid dienone is 2. The average molecular weight is 520 g/mol. The van der Waals surface area contributed by atoms with Gasteiger partial charge in [0.25, 0.3) is 0 Å². The van der Waals surface area contributed by atoms with Gasteiger partial charge < -0.3 is 10.2 Å². The molecule has 4 rings (SSSR count). The van der Waals surface area contributed by atoms with Gasteiger partial charge in [0.1, 0.15) is 0 Å². The summed E-state index contributed by atoms with van der Waals surface area (Å²) in [5.41, 5.74) is 9.40. The largest absolute Gasteiger partial charge is 0.380 e. The fourth-order valence-electron chi connectivity index (χ4n) is 6.99. The van der Waals surface area contributed by atoms with E-state index in [0.717, 1.165) is 50.6 Å². The van der Waals surface area contributed by atoms with Crippen LogP contribution in [0.4, 0.5) is 0 Å². The van der Waals surface area contributed by atoms with Crippen molar-refractivity contribution in [3.05, 3.63) is 66.4 Å². The minimum atomic E-state index is 0.333. The monoisotopic (exact) mass is 519 g/mol. The van der Waals surface area contributed by atoms with Gasteiger partial charge in [0.2, 0.25) is 0 Å². The molecule has 2 aliphatic carbocycles. The Labute approximate surface area is 233 Å². The molecule has 4 heteroatoms. The van der Waals surface area contributed by atoms with Crippen molar-refractivity contribution >= 4 is 6.08 Å². The van der Waals surface area contributed by atoms with Crippen molar-refractivity contribution in [1.29, 1.82) is 0 Å². The van der Waals surface area contributed by atoms with E-state index >= 15 is 0 Å². The number of ether oxygens (including phenoxy) is 1. The number of hydrazine groups is 1. The quantitative estimate of drug-likeness (QED) is 0.140. The molecule has 1 aromatic rings. The molecule has 2 saturated carbocycles. The second-order valence-electron chi connectivity index (χ2n) is 13.3. The normalized spacial score (nSPS) is 23.6. The molecule has 1 heterocycles. The summed E-state index contributed by atoms with van der Waals surface area (Å²) in [6.07, 6.45) is 16.4. The van der Waals surface area contributed by atoms with E-state index in [1.54, 1.807) is 0 Å². The van der Waals surface area contributed by atoms with Crippen LogP contribution in [-0.4, -0.2) is 49.3 Å². The van der Waals surface area contributed by atoms with Gasteiger partial charge in [-0.05, 0) is 79.4 Å². The Hall–Kier alpha value is -1.88. The third-order valence-corrected chi connectivity index (χ3v) is 9.29. The number of benzene rings is 1. The van der Waals surface area contributed by atoms with Crippen molar-refractivity contribution in [2.24, 2.45) is 16.7 Å². The Bertz CT molecular complexity index is 938. The topological polar surface area (TPSA) is 27.7 Å². The number of unbranched alkanes of at least 4 members (excludes halogenated alkanes) is 1. The molecule has 0 bridgehead atoms. The van der Waals surface area contributed by atoms with E-state index in [4.69, 9.17) is 4.74 Å². The molecule has 1 aromatic carbocycles. The molecule has 3 aliphatic rings. The maximum Gasteiger partial charge on any atom is 0.0554 e. The molecule has 0 aromatic heterocycles. The molecule has 1 N–H and O–H groups in total. The van der Waals surface area contributed by atoms with Crippen molar-refractivity contribution in [2.75, 3.05) is 33.4 Å². The van der Waals surface area contributed by atoms with Gasteiger partial charge in [-0.1, -0.05) is 70.2 Å². The van der Waals surface area contributed by atoms with Crippen LogP contribution in [-0.2, 0) is 17.7 Å². The molecule has 2 atom stereocenters. The summed E-state index contributed by atoms with van der Waals surface area (Å²) in [5.74, 6) is 0.728. The summed E-state index contributed by atoms with van der Waals surface area (Å²) >= 11 is 0. The molecule has 0 radical (unpaired) electrons. The molecule has 1 aliphatic heterocycles. The lowest BCUT2D eigenvalue weighted by Crippen LogP contribution is -2.55. The van der Waals surface area contributed by atoms with E-state index in [-0.39, 0.29) is 0 Å². The van der Waals surface area contributed by atoms with Crippen molar-refractivity contribution < 1.29 is 4.74 Å². The van der Waals surface area contributed by atoms with Gasteiger partial charge in [0.05, 0.1) is 13.2 Å². The summed E-state index contributed by atoms with van der Waals surface area (Å²) in [6.45, 7) is 22.2. The second-order valence-corrected chi connectivity index (χ2v) is 13.3. The van der Waals surface area contributed by atoms with E-state index in [1.807, 2.05) is 12.2 Å². The Morgan fingerprint density at radius 1 is 1.11 bits per heavy atom.